The molecule has 1 spiro atoms. The lowest BCUT2D eigenvalue weighted by molar-refractivity contribution is -0.271. The minimum absolute atomic E-state index is 0.194. The summed E-state index contributed by atoms with van der Waals surface area (Å²) in [5.74, 6) is -1.17. The fraction of sp³-hybridized carbons (Fsp3) is 0.269. The number of thiophene rings is 1. The molecule has 0 fully saturated rings. The molecule has 0 N–H and O–H groups in total. The summed E-state index contributed by atoms with van der Waals surface area (Å²) < 4.78 is 19.5. The van der Waals surface area contributed by atoms with Crippen molar-refractivity contribution in [3.05, 3.63) is 98.2 Å². The molecular weight excluding hydrogens is 444 g/mol. The molecule has 2 aromatic carbocycles. The topological polar surface area (TPSA) is 44.8 Å². The number of carbonyl (C=O) groups excluding carboxylic acids is 1. The second kappa shape index (κ2) is 8.16. The molecule has 0 aliphatic carbocycles. The lowest BCUT2D eigenvalue weighted by Crippen LogP contribution is -2.64. The van der Waals surface area contributed by atoms with Gasteiger partial charge in [-0.05, 0) is 60.5 Å². The normalized spacial score (nSPS) is 24.3. The molecule has 2 atom stereocenters. The van der Waals surface area contributed by atoms with Crippen LogP contribution in [0, 0.1) is 6.92 Å². The molecule has 3 aromatic rings. The van der Waals surface area contributed by atoms with Crippen LogP contribution in [0.15, 0.2) is 71.6 Å². The summed E-state index contributed by atoms with van der Waals surface area (Å²) in [5.41, 5.74) is 1.75. The Morgan fingerprint density at radius 1 is 1.12 bits per heavy atom. The van der Waals surface area contributed by atoms with Gasteiger partial charge in [0.05, 0.1) is 23.7 Å². The van der Waals surface area contributed by atoms with E-state index in [1.54, 1.807) is 12.1 Å². The third-order valence-electron chi connectivity index (χ3n) is 6.17. The van der Waals surface area contributed by atoms with Gasteiger partial charge in [0.2, 0.25) is 11.4 Å². The van der Waals surface area contributed by atoms with Gasteiger partial charge in [-0.2, -0.15) is 0 Å². The van der Waals surface area contributed by atoms with Gasteiger partial charge >= 0.3 is 0 Å². The number of rotatable bonds is 5. The molecule has 3 heterocycles. The van der Waals surface area contributed by atoms with Gasteiger partial charge in [0, 0.05) is 5.02 Å². The van der Waals surface area contributed by atoms with Crippen molar-refractivity contribution in [2.24, 2.45) is 0 Å². The maximum absolute atomic E-state index is 14.1. The number of fused-ring (bicyclic) bond motifs is 1. The van der Waals surface area contributed by atoms with Crippen molar-refractivity contribution in [3.8, 4) is 5.75 Å². The predicted molar refractivity (Wildman–Crippen MR) is 126 cm³/mol. The largest absolute Gasteiger partial charge is 0.452 e. The zero-order valence-corrected chi connectivity index (χ0v) is 19.5. The molecule has 1 aromatic heterocycles. The average Bonchev–Trinajstić information content (AvgIpc) is 3.46. The van der Waals surface area contributed by atoms with Crippen LogP contribution in [-0.2, 0) is 21.7 Å². The molecule has 5 rings (SSSR count). The van der Waals surface area contributed by atoms with E-state index in [0.29, 0.717) is 36.0 Å². The van der Waals surface area contributed by atoms with Crippen LogP contribution in [0.25, 0.3) is 0 Å². The van der Waals surface area contributed by atoms with E-state index in [1.807, 2.05) is 55.6 Å². The molecule has 32 heavy (non-hydrogen) atoms. The molecule has 0 saturated carbocycles. The Morgan fingerprint density at radius 2 is 1.94 bits per heavy atom. The first-order valence-electron chi connectivity index (χ1n) is 10.5. The van der Waals surface area contributed by atoms with E-state index in [2.05, 4.69) is 12.1 Å². The Balaban J connectivity index is 1.65. The molecule has 0 radical (unpaired) electrons. The number of hydrogen-bond donors (Lipinski definition) is 0. The Hall–Kier alpha value is -2.44. The first kappa shape index (κ1) is 21.4. The second-order valence-electron chi connectivity index (χ2n) is 8.09. The number of halogens is 1. The molecule has 2 unspecified atom stereocenters. The molecule has 6 heteroatoms. The number of ether oxygens (including phenoxy) is 3. The fourth-order valence-electron chi connectivity index (χ4n) is 4.48. The lowest BCUT2D eigenvalue weighted by Gasteiger charge is -2.49. The van der Waals surface area contributed by atoms with Crippen molar-refractivity contribution in [1.29, 1.82) is 0 Å². The van der Waals surface area contributed by atoms with Crippen LogP contribution in [0.2, 0.25) is 5.02 Å². The summed E-state index contributed by atoms with van der Waals surface area (Å²) in [6.07, 6.45) is 2.60. The number of aryl methyl sites for hydroxylation is 1. The molecule has 0 amide bonds. The number of benzene rings is 2. The monoisotopic (exact) mass is 466 g/mol. The first-order valence-corrected chi connectivity index (χ1v) is 11.8. The minimum Gasteiger partial charge on any atom is -0.452 e. The van der Waals surface area contributed by atoms with Crippen molar-refractivity contribution in [2.45, 2.75) is 31.7 Å². The zero-order chi connectivity index (χ0) is 22.3. The highest BCUT2D eigenvalue weighted by atomic mass is 35.5. The summed E-state index contributed by atoms with van der Waals surface area (Å²) >= 11 is 7.86. The quantitative estimate of drug-likeness (QED) is 0.425. The van der Waals surface area contributed by atoms with Gasteiger partial charge in [-0.3, -0.25) is 4.79 Å². The standard InChI is InChI=1S/C26H23ClO4S/c1-17-15-22-20(16-21(17)27)24(28)25(18(2)10-12-29-25)26(31-22,23-9-6-14-32-23)30-13-11-19-7-4-3-5-8-19/h3-10,14-16H,11-13H2,1-2H3. The van der Waals surface area contributed by atoms with Crippen LogP contribution in [0.3, 0.4) is 0 Å². The van der Waals surface area contributed by atoms with Crippen LogP contribution in [0.4, 0.5) is 0 Å². The van der Waals surface area contributed by atoms with Crippen LogP contribution < -0.4 is 4.74 Å². The van der Waals surface area contributed by atoms with E-state index in [0.717, 1.165) is 21.6 Å². The summed E-state index contributed by atoms with van der Waals surface area (Å²) in [6, 6.07) is 17.5. The summed E-state index contributed by atoms with van der Waals surface area (Å²) in [7, 11) is 0. The summed E-state index contributed by atoms with van der Waals surface area (Å²) in [4.78, 5) is 14.9. The van der Waals surface area contributed by atoms with E-state index >= 15 is 0 Å². The molecule has 0 bridgehead atoms. The minimum atomic E-state index is -1.43. The third kappa shape index (κ3) is 3.15. The lowest BCUT2D eigenvalue weighted by atomic mass is 9.76. The first-order chi connectivity index (χ1) is 15.5. The van der Waals surface area contributed by atoms with Crippen molar-refractivity contribution < 1.29 is 19.0 Å². The van der Waals surface area contributed by atoms with Gasteiger partial charge in [0.15, 0.2) is 0 Å². The Morgan fingerprint density at radius 3 is 2.62 bits per heavy atom. The maximum atomic E-state index is 14.1. The van der Waals surface area contributed by atoms with E-state index in [9.17, 15) is 4.79 Å². The van der Waals surface area contributed by atoms with Crippen LogP contribution in [-0.4, -0.2) is 24.6 Å². The van der Waals surface area contributed by atoms with Crippen LogP contribution in [0.1, 0.15) is 33.3 Å². The van der Waals surface area contributed by atoms with Gasteiger partial charge in [0.1, 0.15) is 5.75 Å². The van der Waals surface area contributed by atoms with Gasteiger partial charge in [-0.15, -0.1) is 11.3 Å². The highest BCUT2D eigenvalue weighted by molar-refractivity contribution is 7.10. The number of carbonyl (C=O) groups is 1. The number of Topliss-reactive ketones (excluding diaryl/α,β-unsaturated/α-hetero) is 1. The average molecular weight is 467 g/mol. The van der Waals surface area contributed by atoms with E-state index in [1.165, 1.54) is 11.3 Å². The Kier molecular flexibility index (Phi) is 5.46. The van der Waals surface area contributed by atoms with E-state index < -0.39 is 11.4 Å². The van der Waals surface area contributed by atoms with Crippen LogP contribution >= 0.6 is 22.9 Å². The van der Waals surface area contributed by atoms with Crippen molar-refractivity contribution in [2.75, 3.05) is 13.2 Å². The number of ketones is 1. The van der Waals surface area contributed by atoms with Gasteiger partial charge in [-0.25, -0.2) is 0 Å². The van der Waals surface area contributed by atoms with Gasteiger partial charge < -0.3 is 14.2 Å². The van der Waals surface area contributed by atoms with Crippen molar-refractivity contribution in [1.82, 2.24) is 0 Å². The van der Waals surface area contributed by atoms with E-state index in [-0.39, 0.29) is 5.78 Å². The molecule has 2 aliphatic rings. The maximum Gasteiger partial charge on any atom is 0.287 e. The molecule has 2 aliphatic heterocycles. The molecule has 0 saturated heterocycles. The second-order valence-corrected chi connectivity index (χ2v) is 9.44. The molecule has 164 valence electrons. The van der Waals surface area contributed by atoms with Crippen LogP contribution in [0.5, 0.6) is 5.75 Å². The predicted octanol–water partition coefficient (Wildman–Crippen LogP) is 6.11. The smallest absolute Gasteiger partial charge is 0.287 e. The fourth-order valence-corrected chi connectivity index (χ4v) is 5.50. The van der Waals surface area contributed by atoms with Crippen molar-refractivity contribution in [3.63, 3.8) is 0 Å². The highest BCUT2D eigenvalue weighted by Gasteiger charge is 2.68. The summed E-state index contributed by atoms with van der Waals surface area (Å²) in [6.45, 7) is 4.46. The Bertz CT molecular complexity index is 1190. The van der Waals surface area contributed by atoms with Gasteiger partial charge in [0.25, 0.3) is 5.79 Å². The van der Waals surface area contributed by atoms with Gasteiger partial charge in [-0.1, -0.05) is 54.1 Å². The highest BCUT2D eigenvalue weighted by Crippen LogP contribution is 2.54. The van der Waals surface area contributed by atoms with Crippen molar-refractivity contribution >= 4 is 28.7 Å². The Labute approximate surface area is 196 Å². The number of hydrogen-bond acceptors (Lipinski definition) is 5. The van der Waals surface area contributed by atoms with E-state index in [4.69, 9.17) is 25.8 Å². The summed E-state index contributed by atoms with van der Waals surface area (Å²) in [5, 5.41) is 2.47. The zero-order valence-electron chi connectivity index (χ0n) is 17.9. The molecule has 4 nitrogen and oxygen atoms in total. The third-order valence-corrected chi connectivity index (χ3v) is 7.53. The SMILES string of the molecule is CC1=CCOC12C(=O)c1cc(Cl)c(C)cc1OC2(OCCc1ccccc1)c1cccs1. The molecular formula is C26H23ClO4S.